The average Bonchev–Trinajstić information content (AvgIpc) is 2.74. The van der Waals surface area contributed by atoms with Crippen LogP contribution in [0.5, 0.6) is 0 Å². The fourth-order valence-corrected chi connectivity index (χ4v) is 5.04. The SMILES string of the molecule is O=S(=O)(/C=C/c1ccc(F)cc1)Cc1ccc(CS(=O)(=O)/C=C/c2ccc(F)cc2)cc1. The maximum atomic E-state index is 12.9. The Kier molecular flexibility index (Phi) is 7.37. The lowest BCUT2D eigenvalue weighted by Crippen LogP contribution is -2.02. The van der Waals surface area contributed by atoms with Gasteiger partial charge in [-0.25, -0.2) is 25.6 Å². The summed E-state index contributed by atoms with van der Waals surface area (Å²) in [5.41, 5.74) is 2.14. The Morgan fingerprint density at radius 1 is 0.531 bits per heavy atom. The molecule has 4 nitrogen and oxygen atoms in total. The lowest BCUT2D eigenvalue weighted by molar-refractivity contribution is 0.602. The number of hydrogen-bond acceptors (Lipinski definition) is 4. The van der Waals surface area contributed by atoms with Gasteiger partial charge in [0.1, 0.15) is 11.6 Å². The van der Waals surface area contributed by atoms with Crippen molar-refractivity contribution in [1.29, 1.82) is 0 Å². The monoisotopic (exact) mass is 474 g/mol. The van der Waals surface area contributed by atoms with Gasteiger partial charge in [0.05, 0.1) is 11.5 Å². The number of halogens is 2. The molecule has 0 saturated heterocycles. The van der Waals surface area contributed by atoms with Crippen molar-refractivity contribution >= 4 is 31.8 Å². The van der Waals surface area contributed by atoms with Crippen LogP contribution in [0.4, 0.5) is 8.78 Å². The van der Waals surface area contributed by atoms with Gasteiger partial charge < -0.3 is 0 Å². The standard InChI is InChI=1S/C24H20F2O4S2/c25-23-9-5-19(6-10-23)13-15-31(27,28)17-21-1-2-22(4-3-21)18-32(29,30)16-14-20-7-11-24(26)12-8-20/h1-16H,17-18H2/b15-13+,16-14+. The van der Waals surface area contributed by atoms with E-state index in [1.165, 1.54) is 60.7 Å². The van der Waals surface area contributed by atoms with Crippen molar-refractivity contribution in [2.24, 2.45) is 0 Å². The summed E-state index contributed by atoms with van der Waals surface area (Å²) in [6, 6.07) is 17.1. The minimum absolute atomic E-state index is 0.248. The largest absolute Gasteiger partial charge is 0.224 e. The van der Waals surface area contributed by atoms with Crippen LogP contribution < -0.4 is 0 Å². The molecule has 0 saturated carbocycles. The van der Waals surface area contributed by atoms with Crippen LogP contribution >= 0.6 is 0 Å². The van der Waals surface area contributed by atoms with E-state index in [0.717, 1.165) is 10.8 Å². The van der Waals surface area contributed by atoms with Crippen LogP contribution in [0, 0.1) is 11.6 Å². The van der Waals surface area contributed by atoms with Gasteiger partial charge in [-0.1, -0.05) is 48.5 Å². The van der Waals surface area contributed by atoms with Crippen molar-refractivity contribution in [1.82, 2.24) is 0 Å². The summed E-state index contributed by atoms with van der Waals surface area (Å²) in [5.74, 6) is -1.30. The maximum Gasteiger partial charge on any atom is 0.175 e. The topological polar surface area (TPSA) is 68.3 Å². The lowest BCUT2D eigenvalue weighted by Gasteiger charge is -2.04. The number of benzene rings is 3. The molecule has 0 unspecified atom stereocenters. The van der Waals surface area contributed by atoms with Crippen LogP contribution in [0.1, 0.15) is 22.3 Å². The molecule has 0 amide bonds. The second-order valence-electron chi connectivity index (χ2n) is 7.14. The van der Waals surface area contributed by atoms with Crippen LogP contribution in [0.3, 0.4) is 0 Å². The van der Waals surface area contributed by atoms with Gasteiger partial charge in [0.25, 0.3) is 0 Å². The second-order valence-corrected chi connectivity index (χ2v) is 10.9. The van der Waals surface area contributed by atoms with E-state index in [2.05, 4.69) is 0 Å². The molecule has 0 atom stereocenters. The molecule has 0 aliphatic rings. The van der Waals surface area contributed by atoms with Gasteiger partial charge in [-0.2, -0.15) is 0 Å². The highest BCUT2D eigenvalue weighted by molar-refractivity contribution is 7.93. The van der Waals surface area contributed by atoms with Crippen molar-refractivity contribution in [3.05, 3.63) is 118 Å². The highest BCUT2D eigenvalue weighted by atomic mass is 32.2. The third-order valence-electron chi connectivity index (χ3n) is 4.43. The van der Waals surface area contributed by atoms with Crippen molar-refractivity contribution in [2.45, 2.75) is 11.5 Å². The number of hydrogen-bond donors (Lipinski definition) is 0. The molecule has 0 radical (unpaired) electrons. The molecule has 0 bridgehead atoms. The Hall–Kier alpha value is -3.10. The first kappa shape index (κ1) is 23.6. The van der Waals surface area contributed by atoms with Crippen LogP contribution in [0.2, 0.25) is 0 Å². The van der Waals surface area contributed by atoms with Crippen molar-refractivity contribution < 1.29 is 25.6 Å². The van der Waals surface area contributed by atoms with E-state index < -0.39 is 31.3 Å². The smallest absolute Gasteiger partial charge is 0.175 e. The zero-order chi connectivity index (χ0) is 23.2. The molecular formula is C24H20F2O4S2. The van der Waals surface area contributed by atoms with E-state index in [4.69, 9.17) is 0 Å². The Morgan fingerprint density at radius 2 is 0.844 bits per heavy atom. The molecule has 3 aromatic carbocycles. The van der Waals surface area contributed by atoms with Gasteiger partial charge in [0.15, 0.2) is 19.7 Å². The molecule has 0 aromatic heterocycles. The lowest BCUT2D eigenvalue weighted by atomic mass is 10.2. The van der Waals surface area contributed by atoms with Crippen LogP contribution in [0.25, 0.3) is 12.2 Å². The normalized spacial score (nSPS) is 12.6. The molecule has 0 N–H and O–H groups in total. The van der Waals surface area contributed by atoms with E-state index in [0.29, 0.717) is 22.3 Å². The minimum atomic E-state index is -3.56. The Morgan fingerprint density at radius 3 is 1.16 bits per heavy atom. The van der Waals surface area contributed by atoms with Crippen molar-refractivity contribution in [2.75, 3.05) is 0 Å². The highest BCUT2D eigenvalue weighted by Gasteiger charge is 2.11. The van der Waals surface area contributed by atoms with Crippen LogP contribution in [0.15, 0.2) is 83.6 Å². The molecule has 0 aliphatic heterocycles. The molecule has 8 heteroatoms. The zero-order valence-corrected chi connectivity index (χ0v) is 18.5. The van der Waals surface area contributed by atoms with Gasteiger partial charge in [-0.3, -0.25) is 0 Å². The summed E-state index contributed by atoms with van der Waals surface area (Å²) in [6.45, 7) is 0. The van der Waals surface area contributed by atoms with Gasteiger partial charge in [0, 0.05) is 10.8 Å². The number of rotatable bonds is 8. The summed E-state index contributed by atoms with van der Waals surface area (Å²) < 4.78 is 75.1. The third kappa shape index (κ3) is 7.55. The average molecular weight is 475 g/mol. The molecule has 3 rings (SSSR count). The molecule has 0 heterocycles. The van der Waals surface area contributed by atoms with Crippen molar-refractivity contribution in [3.63, 3.8) is 0 Å². The van der Waals surface area contributed by atoms with E-state index in [1.807, 2.05) is 0 Å². The quantitative estimate of drug-likeness (QED) is 0.454. The third-order valence-corrected chi connectivity index (χ3v) is 7.01. The molecule has 0 aliphatic carbocycles. The van der Waals surface area contributed by atoms with E-state index in [9.17, 15) is 25.6 Å². The molecule has 32 heavy (non-hydrogen) atoms. The first-order chi connectivity index (χ1) is 15.1. The van der Waals surface area contributed by atoms with E-state index in [1.54, 1.807) is 24.3 Å². The molecular weight excluding hydrogens is 454 g/mol. The fraction of sp³-hybridized carbons (Fsp3) is 0.0833. The van der Waals surface area contributed by atoms with Crippen molar-refractivity contribution in [3.8, 4) is 0 Å². The summed E-state index contributed by atoms with van der Waals surface area (Å²) in [7, 11) is -7.13. The number of sulfone groups is 2. The minimum Gasteiger partial charge on any atom is -0.224 e. The summed E-state index contributed by atoms with van der Waals surface area (Å²) in [5, 5.41) is 2.14. The summed E-state index contributed by atoms with van der Waals surface area (Å²) in [6.07, 6.45) is 2.78. The first-order valence-electron chi connectivity index (χ1n) is 9.51. The predicted octanol–water partition coefficient (Wildman–Crippen LogP) is 5.14. The zero-order valence-electron chi connectivity index (χ0n) is 16.9. The van der Waals surface area contributed by atoms with Gasteiger partial charge in [-0.05, 0) is 58.7 Å². The van der Waals surface area contributed by atoms with Crippen LogP contribution in [-0.2, 0) is 31.2 Å². The van der Waals surface area contributed by atoms with Gasteiger partial charge in [-0.15, -0.1) is 0 Å². The maximum absolute atomic E-state index is 12.9. The molecule has 0 spiro atoms. The Labute approximate surface area is 186 Å². The molecule has 3 aromatic rings. The Bertz CT molecular complexity index is 1220. The summed E-state index contributed by atoms with van der Waals surface area (Å²) in [4.78, 5) is 0. The molecule has 0 fully saturated rings. The fourth-order valence-electron chi connectivity index (χ4n) is 2.80. The van der Waals surface area contributed by atoms with Gasteiger partial charge in [0.2, 0.25) is 0 Å². The molecule has 166 valence electrons. The van der Waals surface area contributed by atoms with E-state index >= 15 is 0 Å². The van der Waals surface area contributed by atoms with Crippen LogP contribution in [-0.4, -0.2) is 16.8 Å². The Balaban J connectivity index is 1.62. The second kappa shape index (κ2) is 10.0. The first-order valence-corrected chi connectivity index (χ1v) is 12.9. The van der Waals surface area contributed by atoms with E-state index in [-0.39, 0.29) is 11.5 Å². The highest BCUT2D eigenvalue weighted by Crippen LogP contribution is 2.15. The summed E-state index contributed by atoms with van der Waals surface area (Å²) >= 11 is 0. The predicted molar refractivity (Wildman–Crippen MR) is 123 cm³/mol. The van der Waals surface area contributed by atoms with Gasteiger partial charge >= 0.3 is 0 Å².